The van der Waals surface area contributed by atoms with Gasteiger partial charge in [0.1, 0.15) is 5.78 Å². The van der Waals surface area contributed by atoms with Crippen LogP contribution in [0, 0.1) is 23.2 Å². The molecular weight excluding hydrogens is 228 g/mol. The maximum absolute atomic E-state index is 12.3. The molecule has 4 unspecified atom stereocenters. The zero-order valence-electron chi connectivity index (χ0n) is 11.4. The highest BCUT2D eigenvalue weighted by atomic mass is 16.6. The van der Waals surface area contributed by atoms with Crippen LogP contribution in [0.2, 0.25) is 0 Å². The first-order chi connectivity index (χ1) is 8.39. The number of Topliss-reactive ketones (excluding diaryl/α,β-unsaturated/α-hetero) is 1. The molecule has 100 valence electrons. The molecular formula is C15H22O3. The van der Waals surface area contributed by atoms with Gasteiger partial charge < -0.3 is 9.84 Å². The molecule has 3 aliphatic rings. The molecule has 1 saturated carbocycles. The molecule has 1 aliphatic heterocycles. The van der Waals surface area contributed by atoms with Crippen LogP contribution in [-0.4, -0.2) is 23.8 Å². The summed E-state index contributed by atoms with van der Waals surface area (Å²) in [5, 5.41) is 9.89. The maximum atomic E-state index is 12.3. The minimum Gasteiger partial charge on any atom is -0.367 e. The molecule has 0 aromatic carbocycles. The van der Waals surface area contributed by atoms with Crippen molar-refractivity contribution in [1.82, 2.24) is 0 Å². The van der Waals surface area contributed by atoms with Crippen LogP contribution >= 0.6 is 0 Å². The number of rotatable bonds is 0. The summed E-state index contributed by atoms with van der Waals surface area (Å²) in [6.45, 7) is 7.12. The molecule has 0 aromatic heterocycles. The van der Waals surface area contributed by atoms with Crippen molar-refractivity contribution in [3.63, 3.8) is 0 Å². The molecule has 1 heterocycles. The molecule has 2 aliphatic carbocycles. The SMILES string of the molecule is CC1C(=O)CC2C(=C3CC(C)(C)CC31)COC2O. The lowest BCUT2D eigenvalue weighted by Crippen LogP contribution is -2.23. The van der Waals surface area contributed by atoms with E-state index in [1.54, 1.807) is 0 Å². The summed E-state index contributed by atoms with van der Waals surface area (Å²) in [5.41, 5.74) is 2.92. The van der Waals surface area contributed by atoms with Crippen LogP contribution in [0.4, 0.5) is 0 Å². The summed E-state index contributed by atoms with van der Waals surface area (Å²) in [7, 11) is 0. The Morgan fingerprint density at radius 3 is 2.72 bits per heavy atom. The second kappa shape index (κ2) is 3.91. The van der Waals surface area contributed by atoms with Gasteiger partial charge in [-0.2, -0.15) is 0 Å². The second-order valence-corrected chi connectivity index (χ2v) is 6.97. The molecule has 4 atom stereocenters. The van der Waals surface area contributed by atoms with E-state index >= 15 is 0 Å². The Hall–Kier alpha value is -0.670. The summed E-state index contributed by atoms with van der Waals surface area (Å²) in [5.74, 6) is 0.696. The normalized spacial score (nSPS) is 42.8. The molecule has 18 heavy (non-hydrogen) atoms. The molecule has 3 heteroatoms. The summed E-state index contributed by atoms with van der Waals surface area (Å²) >= 11 is 0. The number of hydrogen-bond donors (Lipinski definition) is 1. The number of aliphatic hydroxyl groups is 1. The molecule has 0 radical (unpaired) electrons. The van der Waals surface area contributed by atoms with Crippen molar-refractivity contribution in [2.75, 3.05) is 6.61 Å². The van der Waals surface area contributed by atoms with E-state index < -0.39 is 6.29 Å². The molecule has 0 aromatic rings. The lowest BCUT2D eigenvalue weighted by atomic mass is 9.83. The van der Waals surface area contributed by atoms with Gasteiger partial charge in [0.25, 0.3) is 0 Å². The summed E-state index contributed by atoms with van der Waals surface area (Å²) in [6, 6.07) is 0. The van der Waals surface area contributed by atoms with Crippen molar-refractivity contribution < 1.29 is 14.6 Å². The van der Waals surface area contributed by atoms with Gasteiger partial charge in [-0.25, -0.2) is 0 Å². The van der Waals surface area contributed by atoms with E-state index in [9.17, 15) is 9.90 Å². The molecule has 0 spiro atoms. The number of allylic oxidation sites excluding steroid dienone is 1. The van der Waals surface area contributed by atoms with E-state index in [0.717, 1.165) is 12.8 Å². The van der Waals surface area contributed by atoms with Crippen LogP contribution in [0.25, 0.3) is 0 Å². The number of ketones is 1. The largest absolute Gasteiger partial charge is 0.367 e. The lowest BCUT2D eigenvalue weighted by Gasteiger charge is -2.20. The van der Waals surface area contributed by atoms with E-state index in [2.05, 4.69) is 20.8 Å². The van der Waals surface area contributed by atoms with Crippen molar-refractivity contribution in [2.24, 2.45) is 23.2 Å². The number of carbonyl (C=O) groups is 1. The standard InChI is InChI=1S/C15H22O3/c1-8-10-5-15(2,3)6-11(10)12-7-18-14(17)9(12)4-13(8)16/h8-10,14,17H,4-7H2,1-3H3. The smallest absolute Gasteiger partial charge is 0.162 e. The van der Waals surface area contributed by atoms with Crippen molar-refractivity contribution in [2.45, 2.75) is 46.3 Å². The highest BCUT2D eigenvalue weighted by Crippen LogP contribution is 2.53. The maximum Gasteiger partial charge on any atom is 0.162 e. The molecule has 0 amide bonds. The van der Waals surface area contributed by atoms with Gasteiger partial charge in [-0.1, -0.05) is 26.3 Å². The fourth-order valence-corrected chi connectivity index (χ4v) is 4.02. The monoisotopic (exact) mass is 250 g/mol. The van der Waals surface area contributed by atoms with Gasteiger partial charge in [-0.3, -0.25) is 4.79 Å². The van der Waals surface area contributed by atoms with Crippen LogP contribution in [0.15, 0.2) is 11.1 Å². The summed E-state index contributed by atoms with van der Waals surface area (Å²) < 4.78 is 5.36. The quantitative estimate of drug-likeness (QED) is 0.671. The molecule has 3 rings (SSSR count). The van der Waals surface area contributed by atoms with Gasteiger partial charge in [-0.15, -0.1) is 0 Å². The average molecular weight is 250 g/mol. The Kier molecular flexibility index (Phi) is 2.69. The zero-order chi connectivity index (χ0) is 13.1. The predicted octanol–water partition coefficient (Wildman–Crippen LogP) is 2.29. The number of carbonyl (C=O) groups excluding carboxylic acids is 1. The second-order valence-electron chi connectivity index (χ2n) is 6.97. The Morgan fingerprint density at radius 2 is 2.00 bits per heavy atom. The minimum atomic E-state index is -0.772. The Labute approximate surface area is 108 Å². The zero-order valence-corrected chi connectivity index (χ0v) is 11.4. The van der Waals surface area contributed by atoms with Crippen molar-refractivity contribution in [3.8, 4) is 0 Å². The van der Waals surface area contributed by atoms with Gasteiger partial charge in [0.2, 0.25) is 0 Å². The van der Waals surface area contributed by atoms with Gasteiger partial charge in [-0.05, 0) is 29.7 Å². The van der Waals surface area contributed by atoms with Crippen molar-refractivity contribution >= 4 is 5.78 Å². The van der Waals surface area contributed by atoms with Gasteiger partial charge in [0.05, 0.1) is 6.61 Å². The highest BCUT2D eigenvalue weighted by molar-refractivity contribution is 5.83. The molecule has 1 N–H and O–H groups in total. The Bertz CT molecular complexity index is 421. The summed E-state index contributed by atoms with van der Waals surface area (Å²) in [4.78, 5) is 12.3. The fraction of sp³-hybridized carbons (Fsp3) is 0.800. The third-order valence-corrected chi connectivity index (χ3v) is 5.04. The third-order valence-electron chi connectivity index (χ3n) is 5.04. The van der Waals surface area contributed by atoms with E-state index in [4.69, 9.17) is 4.74 Å². The highest BCUT2D eigenvalue weighted by Gasteiger charge is 2.47. The summed E-state index contributed by atoms with van der Waals surface area (Å²) in [6.07, 6.45) is 1.82. The molecule has 1 saturated heterocycles. The minimum absolute atomic E-state index is 0.0751. The first-order valence-electron chi connectivity index (χ1n) is 6.93. The van der Waals surface area contributed by atoms with Crippen LogP contribution in [0.1, 0.15) is 40.0 Å². The number of aliphatic hydroxyl groups excluding tert-OH is 1. The molecule has 3 nitrogen and oxygen atoms in total. The number of fused-ring (bicyclic) bond motifs is 2. The molecule has 2 fully saturated rings. The van der Waals surface area contributed by atoms with Gasteiger partial charge in [0.15, 0.2) is 6.29 Å². The first-order valence-corrected chi connectivity index (χ1v) is 6.93. The van der Waals surface area contributed by atoms with Crippen LogP contribution in [0.3, 0.4) is 0 Å². The van der Waals surface area contributed by atoms with E-state index in [1.165, 1.54) is 11.1 Å². The van der Waals surface area contributed by atoms with Crippen LogP contribution in [-0.2, 0) is 9.53 Å². The Balaban J connectivity index is 2.06. The third kappa shape index (κ3) is 1.76. The van der Waals surface area contributed by atoms with Crippen molar-refractivity contribution in [1.29, 1.82) is 0 Å². The van der Waals surface area contributed by atoms with E-state index in [0.29, 0.717) is 24.7 Å². The fourth-order valence-electron chi connectivity index (χ4n) is 4.02. The van der Waals surface area contributed by atoms with E-state index in [-0.39, 0.29) is 17.3 Å². The Morgan fingerprint density at radius 1 is 1.28 bits per heavy atom. The molecule has 0 bridgehead atoms. The van der Waals surface area contributed by atoms with Gasteiger partial charge in [0, 0.05) is 18.3 Å². The predicted molar refractivity (Wildman–Crippen MR) is 67.8 cm³/mol. The number of ether oxygens (including phenoxy) is 1. The van der Waals surface area contributed by atoms with Crippen molar-refractivity contribution in [3.05, 3.63) is 11.1 Å². The van der Waals surface area contributed by atoms with Crippen LogP contribution in [0.5, 0.6) is 0 Å². The van der Waals surface area contributed by atoms with E-state index in [1.807, 2.05) is 0 Å². The van der Waals surface area contributed by atoms with Gasteiger partial charge >= 0.3 is 0 Å². The van der Waals surface area contributed by atoms with Crippen LogP contribution < -0.4 is 0 Å². The lowest BCUT2D eigenvalue weighted by molar-refractivity contribution is -0.128. The average Bonchev–Trinajstić information content (AvgIpc) is 2.76. The topological polar surface area (TPSA) is 46.5 Å². The first kappa shape index (κ1) is 12.4. The number of hydrogen-bond acceptors (Lipinski definition) is 3.